The van der Waals surface area contributed by atoms with Crippen molar-refractivity contribution in [3.8, 4) is 11.5 Å². The van der Waals surface area contributed by atoms with Crippen molar-refractivity contribution in [3.05, 3.63) is 96.1 Å². The molecule has 0 bridgehead atoms. The van der Waals surface area contributed by atoms with Crippen LogP contribution >= 0.6 is 0 Å². The summed E-state index contributed by atoms with van der Waals surface area (Å²) in [6, 6.07) is 27.3. The fourth-order valence-electron chi connectivity index (χ4n) is 3.11. The zero-order valence-corrected chi connectivity index (χ0v) is 18.2. The minimum absolute atomic E-state index is 0.178. The molecule has 0 radical (unpaired) electrons. The van der Waals surface area contributed by atoms with E-state index in [0.29, 0.717) is 37.7 Å². The van der Waals surface area contributed by atoms with Crippen LogP contribution in [0.15, 0.2) is 84.9 Å². The zero-order valence-electron chi connectivity index (χ0n) is 18.2. The summed E-state index contributed by atoms with van der Waals surface area (Å²) in [5.74, 6) is 1.22. The SMILES string of the molecule is OC(CNCc1ccccc1)COc1cccc(OCC(O)CNCc2ccccc2)c1. The van der Waals surface area contributed by atoms with Crippen molar-refractivity contribution in [3.63, 3.8) is 0 Å². The van der Waals surface area contributed by atoms with E-state index >= 15 is 0 Å². The van der Waals surface area contributed by atoms with Crippen molar-refractivity contribution >= 4 is 0 Å². The first kappa shape index (κ1) is 23.8. The molecule has 0 saturated carbocycles. The summed E-state index contributed by atoms with van der Waals surface area (Å²) < 4.78 is 11.4. The van der Waals surface area contributed by atoms with E-state index in [-0.39, 0.29) is 13.2 Å². The lowest BCUT2D eigenvalue weighted by molar-refractivity contribution is 0.102. The highest BCUT2D eigenvalue weighted by atomic mass is 16.5. The van der Waals surface area contributed by atoms with Crippen LogP contribution in [-0.4, -0.2) is 48.7 Å². The van der Waals surface area contributed by atoms with Crippen molar-refractivity contribution < 1.29 is 19.7 Å². The number of aliphatic hydroxyl groups excluding tert-OH is 2. The molecule has 4 N–H and O–H groups in total. The third-order valence-corrected chi connectivity index (χ3v) is 4.79. The fourth-order valence-corrected chi connectivity index (χ4v) is 3.11. The van der Waals surface area contributed by atoms with Crippen LogP contribution in [0.4, 0.5) is 0 Å². The average Bonchev–Trinajstić information content (AvgIpc) is 2.83. The highest BCUT2D eigenvalue weighted by molar-refractivity contribution is 5.33. The van der Waals surface area contributed by atoms with E-state index in [2.05, 4.69) is 10.6 Å². The molecule has 6 heteroatoms. The Bertz CT molecular complexity index is 822. The predicted molar refractivity (Wildman–Crippen MR) is 126 cm³/mol. The first-order valence-corrected chi connectivity index (χ1v) is 10.9. The van der Waals surface area contributed by atoms with E-state index in [1.807, 2.05) is 78.9 Å². The lowest BCUT2D eigenvalue weighted by atomic mass is 10.2. The van der Waals surface area contributed by atoms with Crippen LogP contribution < -0.4 is 20.1 Å². The number of hydrogen-bond acceptors (Lipinski definition) is 6. The zero-order chi connectivity index (χ0) is 22.4. The van der Waals surface area contributed by atoms with Gasteiger partial charge in [0, 0.05) is 32.2 Å². The molecule has 2 atom stereocenters. The molecule has 0 aromatic heterocycles. The predicted octanol–water partition coefficient (Wildman–Crippen LogP) is 2.75. The molecular weight excluding hydrogens is 404 g/mol. The smallest absolute Gasteiger partial charge is 0.123 e. The normalized spacial score (nSPS) is 12.8. The van der Waals surface area contributed by atoms with Crippen LogP contribution in [0, 0.1) is 0 Å². The number of nitrogens with one attached hydrogen (secondary N) is 2. The van der Waals surface area contributed by atoms with Gasteiger partial charge in [-0.3, -0.25) is 0 Å². The van der Waals surface area contributed by atoms with Gasteiger partial charge >= 0.3 is 0 Å². The van der Waals surface area contributed by atoms with Crippen molar-refractivity contribution in [1.82, 2.24) is 10.6 Å². The van der Waals surface area contributed by atoms with Crippen LogP contribution in [-0.2, 0) is 13.1 Å². The highest BCUT2D eigenvalue weighted by Crippen LogP contribution is 2.19. The largest absolute Gasteiger partial charge is 0.491 e. The Kier molecular flexibility index (Phi) is 10.0. The fraction of sp³-hybridized carbons (Fsp3) is 0.308. The van der Waals surface area contributed by atoms with E-state index in [4.69, 9.17) is 9.47 Å². The van der Waals surface area contributed by atoms with Gasteiger partial charge in [0.1, 0.15) is 36.9 Å². The van der Waals surface area contributed by atoms with Gasteiger partial charge in [0.25, 0.3) is 0 Å². The maximum absolute atomic E-state index is 10.1. The molecule has 0 aliphatic rings. The molecule has 0 amide bonds. The Labute approximate surface area is 189 Å². The molecule has 3 aromatic carbocycles. The quantitative estimate of drug-likeness (QED) is 0.311. The Morgan fingerprint density at radius 2 is 1.03 bits per heavy atom. The van der Waals surface area contributed by atoms with Crippen LogP contribution in [0.5, 0.6) is 11.5 Å². The van der Waals surface area contributed by atoms with E-state index < -0.39 is 12.2 Å². The van der Waals surface area contributed by atoms with Gasteiger partial charge in [-0.15, -0.1) is 0 Å². The summed E-state index contributed by atoms with van der Waals surface area (Å²) in [7, 11) is 0. The van der Waals surface area contributed by atoms with E-state index in [1.54, 1.807) is 6.07 Å². The molecule has 32 heavy (non-hydrogen) atoms. The second-order valence-electron chi connectivity index (χ2n) is 7.64. The molecule has 2 unspecified atom stereocenters. The van der Waals surface area contributed by atoms with Crippen LogP contribution in [0.1, 0.15) is 11.1 Å². The molecule has 170 valence electrons. The minimum atomic E-state index is -0.624. The summed E-state index contributed by atoms with van der Waals surface area (Å²) in [4.78, 5) is 0. The number of benzene rings is 3. The van der Waals surface area contributed by atoms with Crippen molar-refractivity contribution in [2.75, 3.05) is 26.3 Å². The molecule has 0 fully saturated rings. The second-order valence-corrected chi connectivity index (χ2v) is 7.64. The van der Waals surface area contributed by atoms with E-state index in [0.717, 1.165) is 0 Å². The summed E-state index contributed by atoms with van der Waals surface area (Å²) in [6.07, 6.45) is -1.25. The van der Waals surface area contributed by atoms with Gasteiger partial charge in [-0.1, -0.05) is 66.7 Å². The van der Waals surface area contributed by atoms with Gasteiger partial charge in [-0.05, 0) is 23.3 Å². The van der Waals surface area contributed by atoms with E-state index in [9.17, 15) is 10.2 Å². The molecule has 3 rings (SSSR count). The first-order chi connectivity index (χ1) is 15.7. The molecule has 0 aliphatic heterocycles. The molecule has 0 aliphatic carbocycles. The number of aliphatic hydroxyl groups is 2. The summed E-state index contributed by atoms with van der Waals surface area (Å²) in [6.45, 7) is 2.63. The van der Waals surface area contributed by atoms with Crippen molar-refractivity contribution in [2.45, 2.75) is 25.3 Å². The molecule has 6 nitrogen and oxygen atoms in total. The third-order valence-electron chi connectivity index (χ3n) is 4.79. The van der Waals surface area contributed by atoms with E-state index in [1.165, 1.54) is 11.1 Å². The Hall–Kier alpha value is -2.90. The molecule has 0 spiro atoms. The monoisotopic (exact) mass is 436 g/mol. The minimum Gasteiger partial charge on any atom is -0.491 e. The van der Waals surface area contributed by atoms with Crippen molar-refractivity contribution in [1.29, 1.82) is 0 Å². The maximum Gasteiger partial charge on any atom is 0.123 e. The summed E-state index contributed by atoms with van der Waals surface area (Å²) >= 11 is 0. The van der Waals surface area contributed by atoms with Gasteiger partial charge in [-0.2, -0.15) is 0 Å². The summed E-state index contributed by atoms with van der Waals surface area (Å²) in [5, 5.41) is 26.7. The standard InChI is InChI=1S/C26H32N2O4/c29-23(17-27-15-21-8-3-1-4-9-21)19-31-25-12-7-13-26(14-25)32-20-24(30)18-28-16-22-10-5-2-6-11-22/h1-14,23-24,27-30H,15-20H2. The van der Waals surface area contributed by atoms with Crippen LogP contribution in [0.3, 0.4) is 0 Å². The van der Waals surface area contributed by atoms with Gasteiger partial charge in [0.15, 0.2) is 0 Å². The maximum atomic E-state index is 10.1. The van der Waals surface area contributed by atoms with Crippen molar-refractivity contribution in [2.24, 2.45) is 0 Å². The lowest BCUT2D eigenvalue weighted by Crippen LogP contribution is -2.31. The van der Waals surface area contributed by atoms with Crippen LogP contribution in [0.25, 0.3) is 0 Å². The number of rotatable bonds is 14. The second kappa shape index (κ2) is 13.5. The summed E-state index contributed by atoms with van der Waals surface area (Å²) in [5.41, 5.74) is 2.34. The van der Waals surface area contributed by atoms with Crippen LogP contribution in [0.2, 0.25) is 0 Å². The highest BCUT2D eigenvalue weighted by Gasteiger charge is 2.08. The van der Waals surface area contributed by atoms with Gasteiger partial charge < -0.3 is 30.3 Å². The lowest BCUT2D eigenvalue weighted by Gasteiger charge is -2.15. The Morgan fingerprint density at radius 1 is 0.594 bits per heavy atom. The topological polar surface area (TPSA) is 83.0 Å². The van der Waals surface area contributed by atoms with Gasteiger partial charge in [0.2, 0.25) is 0 Å². The Morgan fingerprint density at radius 3 is 1.47 bits per heavy atom. The first-order valence-electron chi connectivity index (χ1n) is 10.9. The molecular formula is C26H32N2O4. The third kappa shape index (κ3) is 9.08. The molecule has 0 saturated heterocycles. The number of ether oxygens (including phenoxy) is 2. The Balaban J connectivity index is 1.31. The molecule has 3 aromatic rings. The average molecular weight is 437 g/mol. The number of hydrogen-bond donors (Lipinski definition) is 4. The van der Waals surface area contributed by atoms with Gasteiger partial charge in [0.05, 0.1) is 0 Å². The van der Waals surface area contributed by atoms with Gasteiger partial charge in [-0.25, -0.2) is 0 Å². The molecule has 0 heterocycles.